The second kappa shape index (κ2) is 7.01. The van der Waals surface area contributed by atoms with Crippen LogP contribution in [0.2, 0.25) is 0 Å². The number of carbonyl (C=O) groups excluding carboxylic acids is 1. The smallest absolute Gasteiger partial charge is 0.226 e. The van der Waals surface area contributed by atoms with Crippen molar-refractivity contribution in [1.82, 2.24) is 14.7 Å². The van der Waals surface area contributed by atoms with Crippen molar-refractivity contribution in [1.29, 1.82) is 0 Å². The quantitative estimate of drug-likeness (QED) is 0.902. The maximum absolute atomic E-state index is 12.8. The summed E-state index contributed by atoms with van der Waals surface area (Å²) in [7, 11) is 0. The third-order valence-corrected chi connectivity index (χ3v) is 5.21. The van der Waals surface area contributed by atoms with E-state index in [1.807, 2.05) is 16.5 Å². The van der Waals surface area contributed by atoms with E-state index in [-0.39, 0.29) is 17.9 Å². The highest BCUT2D eigenvalue weighted by atomic mass is 16.5. The van der Waals surface area contributed by atoms with Crippen LogP contribution in [-0.4, -0.2) is 52.9 Å². The number of morpholine rings is 1. The van der Waals surface area contributed by atoms with Crippen LogP contribution in [0, 0.1) is 25.7 Å². The zero-order chi connectivity index (χ0) is 16.4. The summed E-state index contributed by atoms with van der Waals surface area (Å²) in [6.07, 6.45) is 3.22. The molecule has 6 nitrogen and oxygen atoms in total. The number of nitrogens with two attached hydrogens (primary N) is 1. The number of carbonyl (C=O) groups is 1. The lowest BCUT2D eigenvalue weighted by molar-refractivity contribution is -0.144. The molecule has 1 amide bonds. The zero-order valence-corrected chi connectivity index (χ0v) is 14.2. The lowest BCUT2D eigenvalue weighted by Gasteiger charge is -2.35. The average molecular weight is 320 g/mol. The Kier molecular flexibility index (Phi) is 5.02. The average Bonchev–Trinajstić information content (AvgIpc) is 3.13. The van der Waals surface area contributed by atoms with Crippen LogP contribution in [0.5, 0.6) is 0 Å². The van der Waals surface area contributed by atoms with Crippen molar-refractivity contribution in [2.45, 2.75) is 45.8 Å². The van der Waals surface area contributed by atoms with Crippen LogP contribution in [-0.2, 0) is 16.1 Å². The molecule has 6 heteroatoms. The first-order valence-corrected chi connectivity index (χ1v) is 8.70. The summed E-state index contributed by atoms with van der Waals surface area (Å²) in [5.41, 5.74) is 7.98. The van der Waals surface area contributed by atoms with Gasteiger partial charge in [0.1, 0.15) is 0 Å². The first-order chi connectivity index (χ1) is 11.1. The van der Waals surface area contributed by atoms with Gasteiger partial charge in [0.15, 0.2) is 0 Å². The van der Waals surface area contributed by atoms with Gasteiger partial charge in [-0.3, -0.25) is 9.48 Å². The van der Waals surface area contributed by atoms with Crippen molar-refractivity contribution in [3.05, 3.63) is 17.5 Å². The lowest BCUT2D eigenvalue weighted by Crippen LogP contribution is -2.50. The zero-order valence-electron chi connectivity index (χ0n) is 14.2. The van der Waals surface area contributed by atoms with E-state index in [1.54, 1.807) is 0 Å². The third-order valence-electron chi connectivity index (χ3n) is 5.21. The molecule has 1 saturated carbocycles. The molecule has 1 aliphatic carbocycles. The van der Waals surface area contributed by atoms with Gasteiger partial charge >= 0.3 is 0 Å². The van der Waals surface area contributed by atoms with Gasteiger partial charge in [-0.2, -0.15) is 5.10 Å². The van der Waals surface area contributed by atoms with Gasteiger partial charge in [0.05, 0.1) is 24.9 Å². The molecule has 3 rings (SSSR count). The Balaban J connectivity index is 1.61. The Morgan fingerprint density at radius 2 is 2.26 bits per heavy atom. The number of ether oxygens (including phenoxy) is 1. The minimum absolute atomic E-state index is 0.0171. The van der Waals surface area contributed by atoms with Crippen molar-refractivity contribution < 1.29 is 9.53 Å². The van der Waals surface area contributed by atoms with Crippen molar-refractivity contribution >= 4 is 5.91 Å². The molecule has 128 valence electrons. The summed E-state index contributed by atoms with van der Waals surface area (Å²) in [5, 5.41) is 4.49. The minimum atomic E-state index is 0.0171. The third kappa shape index (κ3) is 3.58. The molecule has 2 fully saturated rings. The van der Waals surface area contributed by atoms with E-state index in [4.69, 9.17) is 10.5 Å². The summed E-state index contributed by atoms with van der Waals surface area (Å²) < 4.78 is 7.84. The molecule has 0 spiro atoms. The summed E-state index contributed by atoms with van der Waals surface area (Å²) in [4.78, 5) is 14.8. The van der Waals surface area contributed by atoms with E-state index in [0.717, 1.165) is 30.7 Å². The molecule has 0 radical (unpaired) electrons. The number of aromatic nitrogens is 2. The van der Waals surface area contributed by atoms with Crippen LogP contribution in [0.1, 0.15) is 30.7 Å². The molecule has 1 unspecified atom stereocenters. The van der Waals surface area contributed by atoms with Gasteiger partial charge in [-0.1, -0.05) is 6.42 Å². The second-order valence-corrected chi connectivity index (χ2v) is 6.92. The fraction of sp³-hybridized carbons (Fsp3) is 0.765. The van der Waals surface area contributed by atoms with Gasteiger partial charge in [0.25, 0.3) is 0 Å². The highest BCUT2D eigenvalue weighted by Crippen LogP contribution is 2.32. The Morgan fingerprint density at radius 3 is 2.96 bits per heavy atom. The molecule has 2 heterocycles. The molecule has 1 saturated heterocycles. The number of amides is 1. The SMILES string of the molecule is Cc1cc(C)n(CC2CN(C(=O)[C@@H]3CCC[C@@H]3CN)CCO2)n1. The van der Waals surface area contributed by atoms with Crippen LogP contribution in [0.4, 0.5) is 0 Å². The number of hydrogen-bond acceptors (Lipinski definition) is 4. The molecule has 3 atom stereocenters. The van der Waals surface area contributed by atoms with E-state index in [1.165, 1.54) is 0 Å². The van der Waals surface area contributed by atoms with E-state index >= 15 is 0 Å². The predicted octanol–water partition coefficient (Wildman–Crippen LogP) is 1.10. The number of rotatable bonds is 4. The normalized spacial score (nSPS) is 28.3. The molecule has 1 aliphatic heterocycles. The largest absolute Gasteiger partial charge is 0.373 e. The minimum Gasteiger partial charge on any atom is -0.373 e. The summed E-state index contributed by atoms with van der Waals surface area (Å²) >= 11 is 0. The molecule has 1 aromatic rings. The fourth-order valence-corrected chi connectivity index (χ4v) is 3.96. The summed E-state index contributed by atoms with van der Waals surface area (Å²) in [5.74, 6) is 0.756. The standard InChI is InChI=1S/C17H28N4O2/c1-12-8-13(2)21(19-12)11-15-10-20(6-7-23-15)17(22)16-5-3-4-14(16)9-18/h8,14-16H,3-7,9-11,18H2,1-2H3/t14-,15?,16-/m1/s1. The second-order valence-electron chi connectivity index (χ2n) is 6.92. The maximum atomic E-state index is 12.8. The highest BCUT2D eigenvalue weighted by molar-refractivity contribution is 5.79. The first kappa shape index (κ1) is 16.5. The van der Waals surface area contributed by atoms with E-state index in [9.17, 15) is 4.79 Å². The van der Waals surface area contributed by atoms with Crippen molar-refractivity contribution in [2.75, 3.05) is 26.2 Å². The van der Waals surface area contributed by atoms with Gasteiger partial charge in [-0.15, -0.1) is 0 Å². The van der Waals surface area contributed by atoms with Crippen LogP contribution in [0.25, 0.3) is 0 Å². The van der Waals surface area contributed by atoms with Crippen molar-refractivity contribution in [3.63, 3.8) is 0 Å². The van der Waals surface area contributed by atoms with E-state index in [0.29, 0.717) is 38.7 Å². The Bertz CT molecular complexity index is 557. The highest BCUT2D eigenvalue weighted by Gasteiger charge is 2.36. The van der Waals surface area contributed by atoms with Gasteiger partial charge in [-0.05, 0) is 45.2 Å². The van der Waals surface area contributed by atoms with E-state index < -0.39 is 0 Å². The molecule has 1 aromatic heterocycles. The van der Waals surface area contributed by atoms with Gasteiger partial charge in [0.2, 0.25) is 5.91 Å². The van der Waals surface area contributed by atoms with Crippen LogP contribution < -0.4 is 5.73 Å². The molecular formula is C17H28N4O2. The lowest BCUT2D eigenvalue weighted by atomic mass is 9.94. The van der Waals surface area contributed by atoms with Crippen LogP contribution in [0.3, 0.4) is 0 Å². The van der Waals surface area contributed by atoms with Gasteiger partial charge in [-0.25, -0.2) is 0 Å². The summed E-state index contributed by atoms with van der Waals surface area (Å²) in [6.45, 7) is 7.33. The Morgan fingerprint density at radius 1 is 1.43 bits per heavy atom. The number of hydrogen-bond donors (Lipinski definition) is 1. The van der Waals surface area contributed by atoms with Gasteiger partial charge in [0, 0.05) is 24.7 Å². The molecule has 0 bridgehead atoms. The number of aryl methyl sites for hydroxylation is 2. The van der Waals surface area contributed by atoms with E-state index in [2.05, 4.69) is 18.1 Å². The predicted molar refractivity (Wildman–Crippen MR) is 87.9 cm³/mol. The maximum Gasteiger partial charge on any atom is 0.226 e. The molecule has 2 N–H and O–H groups in total. The van der Waals surface area contributed by atoms with Gasteiger partial charge < -0.3 is 15.4 Å². The van der Waals surface area contributed by atoms with Crippen LogP contribution in [0.15, 0.2) is 6.07 Å². The van der Waals surface area contributed by atoms with Crippen molar-refractivity contribution in [3.8, 4) is 0 Å². The number of nitrogens with zero attached hydrogens (tertiary/aromatic N) is 3. The van der Waals surface area contributed by atoms with Crippen molar-refractivity contribution in [2.24, 2.45) is 17.6 Å². The fourth-order valence-electron chi connectivity index (χ4n) is 3.96. The molecular weight excluding hydrogens is 292 g/mol. The molecule has 0 aromatic carbocycles. The molecule has 2 aliphatic rings. The topological polar surface area (TPSA) is 73.4 Å². The first-order valence-electron chi connectivity index (χ1n) is 8.70. The monoisotopic (exact) mass is 320 g/mol. The Labute approximate surface area is 138 Å². The summed E-state index contributed by atoms with van der Waals surface area (Å²) in [6, 6.07) is 2.07. The Hall–Kier alpha value is -1.40. The molecule has 23 heavy (non-hydrogen) atoms. The van der Waals surface area contributed by atoms with Crippen LogP contribution >= 0.6 is 0 Å².